The van der Waals surface area contributed by atoms with Gasteiger partial charge in [-0.2, -0.15) is 0 Å². The third kappa shape index (κ3) is 4.60. The van der Waals surface area contributed by atoms with Crippen LogP contribution in [0.2, 0.25) is 0 Å². The van der Waals surface area contributed by atoms with Crippen molar-refractivity contribution in [3.8, 4) is 0 Å². The van der Waals surface area contributed by atoms with E-state index in [-0.39, 0.29) is 29.5 Å². The highest BCUT2D eigenvalue weighted by molar-refractivity contribution is 5.91. The SMILES string of the molecule is C=C(CC[C@@H](C)[C@H]1CC[C@@H]([C@@H]2CC=C3C[C@@H](O)CC[C@]3(C)C2=O)[C@]1(C)CCO)C(C)C. The molecule has 0 radical (unpaired) electrons. The van der Waals surface area contributed by atoms with Crippen molar-refractivity contribution in [1.29, 1.82) is 0 Å². The van der Waals surface area contributed by atoms with Crippen LogP contribution in [0.4, 0.5) is 0 Å². The molecule has 3 nitrogen and oxygen atoms in total. The van der Waals surface area contributed by atoms with E-state index in [2.05, 4.69) is 47.3 Å². The monoisotopic (exact) mass is 430 g/mol. The molecule has 2 saturated carbocycles. The van der Waals surface area contributed by atoms with Crippen LogP contribution in [0.5, 0.6) is 0 Å². The van der Waals surface area contributed by atoms with Crippen molar-refractivity contribution < 1.29 is 15.0 Å². The number of Topliss-reactive ketones (excluding diaryl/α,β-unsaturated/α-hetero) is 1. The number of allylic oxidation sites excluding steroid dienone is 2. The third-order valence-electron chi connectivity index (χ3n) is 9.68. The maximum atomic E-state index is 13.8. The molecule has 0 aliphatic heterocycles. The summed E-state index contributed by atoms with van der Waals surface area (Å²) in [5.41, 5.74) is 2.12. The van der Waals surface area contributed by atoms with Gasteiger partial charge in [-0.3, -0.25) is 4.79 Å². The summed E-state index contributed by atoms with van der Waals surface area (Å²) < 4.78 is 0. The predicted octanol–water partition coefficient (Wildman–Crippen LogP) is 6.10. The second-order valence-corrected chi connectivity index (χ2v) is 11.8. The van der Waals surface area contributed by atoms with Crippen molar-refractivity contribution in [2.24, 2.45) is 40.4 Å². The number of carbonyl (C=O) groups excluding carboxylic acids is 1. The van der Waals surface area contributed by atoms with Crippen LogP contribution in [0.1, 0.15) is 92.4 Å². The third-order valence-corrected chi connectivity index (χ3v) is 9.68. The van der Waals surface area contributed by atoms with Crippen molar-refractivity contribution in [2.45, 2.75) is 98.5 Å². The molecule has 0 aromatic carbocycles. The normalized spacial score (nSPS) is 39.4. The molecule has 0 spiro atoms. The molecule has 0 aromatic heterocycles. The van der Waals surface area contributed by atoms with Gasteiger partial charge in [0, 0.05) is 17.9 Å². The lowest BCUT2D eigenvalue weighted by Crippen LogP contribution is -2.47. The first-order valence-electron chi connectivity index (χ1n) is 12.7. The maximum absolute atomic E-state index is 13.8. The van der Waals surface area contributed by atoms with Crippen LogP contribution in [-0.4, -0.2) is 28.7 Å². The molecule has 0 saturated heterocycles. The van der Waals surface area contributed by atoms with Crippen LogP contribution in [0.25, 0.3) is 0 Å². The molecular weight excluding hydrogens is 384 g/mol. The Kier molecular flexibility index (Phi) is 7.58. The minimum atomic E-state index is -0.388. The van der Waals surface area contributed by atoms with Crippen molar-refractivity contribution >= 4 is 5.78 Å². The van der Waals surface area contributed by atoms with Gasteiger partial charge in [-0.25, -0.2) is 0 Å². The number of aliphatic hydroxyl groups is 2. The lowest BCUT2D eigenvalue weighted by molar-refractivity contribution is -0.136. The van der Waals surface area contributed by atoms with E-state index < -0.39 is 0 Å². The summed E-state index contributed by atoms with van der Waals surface area (Å²) in [6.07, 6.45) is 10.2. The van der Waals surface area contributed by atoms with E-state index in [1.807, 2.05) is 0 Å². The van der Waals surface area contributed by atoms with Gasteiger partial charge in [0.2, 0.25) is 0 Å². The fourth-order valence-electron chi connectivity index (χ4n) is 7.32. The Hall–Kier alpha value is -0.930. The molecule has 0 heterocycles. The Morgan fingerprint density at radius 1 is 1.23 bits per heavy atom. The quantitative estimate of drug-likeness (QED) is 0.458. The fourth-order valence-corrected chi connectivity index (χ4v) is 7.32. The number of ketones is 1. The molecule has 3 aliphatic carbocycles. The van der Waals surface area contributed by atoms with E-state index >= 15 is 0 Å². The lowest BCUT2D eigenvalue weighted by atomic mass is 9.56. The zero-order chi connectivity index (χ0) is 23.0. The lowest BCUT2D eigenvalue weighted by Gasteiger charge is -2.48. The van der Waals surface area contributed by atoms with E-state index in [9.17, 15) is 15.0 Å². The highest BCUT2D eigenvalue weighted by atomic mass is 16.3. The Balaban J connectivity index is 1.80. The van der Waals surface area contributed by atoms with Crippen LogP contribution in [-0.2, 0) is 4.79 Å². The fraction of sp³-hybridized carbons (Fsp3) is 0.821. The molecule has 176 valence electrons. The average molecular weight is 431 g/mol. The van der Waals surface area contributed by atoms with Crippen molar-refractivity contribution in [3.63, 3.8) is 0 Å². The van der Waals surface area contributed by atoms with Crippen molar-refractivity contribution in [2.75, 3.05) is 6.61 Å². The summed E-state index contributed by atoms with van der Waals surface area (Å²) in [5.74, 6) is 2.46. The first kappa shape index (κ1) is 24.7. The highest BCUT2D eigenvalue weighted by Gasteiger charge is 2.55. The standard InChI is InChI=1S/C28H46O3/c1-18(2)19(3)7-8-20(4)24-11-12-25(28(24,6)15-16-29)23-10-9-21-17-22(30)13-14-27(21,5)26(23)31/h9,18,20,22-25,29-30H,3,7-8,10-17H2,1-2,4-6H3/t20-,22+,23+,24-,25+,27+,28-/m1/s1. The zero-order valence-corrected chi connectivity index (χ0v) is 20.6. The van der Waals surface area contributed by atoms with E-state index in [1.54, 1.807) is 0 Å². The van der Waals surface area contributed by atoms with Gasteiger partial charge in [-0.05, 0) is 93.8 Å². The Morgan fingerprint density at radius 2 is 1.94 bits per heavy atom. The van der Waals surface area contributed by atoms with Gasteiger partial charge >= 0.3 is 0 Å². The molecule has 2 N–H and O–H groups in total. The number of hydrogen-bond acceptors (Lipinski definition) is 3. The number of hydrogen-bond donors (Lipinski definition) is 2. The summed E-state index contributed by atoms with van der Waals surface area (Å²) >= 11 is 0. The van der Waals surface area contributed by atoms with Crippen LogP contribution in [0.3, 0.4) is 0 Å². The maximum Gasteiger partial charge on any atom is 0.146 e. The average Bonchev–Trinajstić information content (AvgIpc) is 3.04. The van der Waals surface area contributed by atoms with Gasteiger partial charge in [0.15, 0.2) is 0 Å². The van der Waals surface area contributed by atoms with E-state index in [0.29, 0.717) is 35.9 Å². The molecule has 7 atom stereocenters. The molecule has 0 unspecified atom stereocenters. The van der Waals surface area contributed by atoms with Gasteiger partial charge in [-0.1, -0.05) is 51.5 Å². The largest absolute Gasteiger partial charge is 0.396 e. The van der Waals surface area contributed by atoms with Crippen molar-refractivity contribution in [3.05, 3.63) is 23.8 Å². The summed E-state index contributed by atoms with van der Waals surface area (Å²) in [6.45, 7) is 15.8. The van der Waals surface area contributed by atoms with E-state index in [4.69, 9.17) is 0 Å². The van der Waals surface area contributed by atoms with Gasteiger partial charge < -0.3 is 10.2 Å². The molecule has 2 fully saturated rings. The Bertz CT molecular complexity index is 707. The molecule has 31 heavy (non-hydrogen) atoms. The Morgan fingerprint density at radius 3 is 2.58 bits per heavy atom. The summed E-state index contributed by atoms with van der Waals surface area (Å²) in [6, 6.07) is 0. The van der Waals surface area contributed by atoms with Crippen LogP contribution < -0.4 is 0 Å². The van der Waals surface area contributed by atoms with Gasteiger partial charge in [0.1, 0.15) is 5.78 Å². The number of aliphatic hydroxyl groups excluding tert-OH is 2. The zero-order valence-electron chi connectivity index (χ0n) is 20.6. The Labute approximate surface area is 190 Å². The molecule has 3 aliphatic rings. The summed E-state index contributed by atoms with van der Waals surface area (Å²) in [7, 11) is 0. The summed E-state index contributed by atoms with van der Waals surface area (Å²) in [4.78, 5) is 13.8. The molecule has 0 aromatic rings. The van der Waals surface area contributed by atoms with Gasteiger partial charge in [0.25, 0.3) is 0 Å². The second kappa shape index (κ2) is 9.51. The van der Waals surface area contributed by atoms with Gasteiger partial charge in [-0.15, -0.1) is 0 Å². The minimum Gasteiger partial charge on any atom is -0.396 e. The molecule has 0 bridgehead atoms. The molecular formula is C28H46O3. The number of fused-ring (bicyclic) bond motifs is 1. The first-order valence-corrected chi connectivity index (χ1v) is 12.7. The van der Waals surface area contributed by atoms with Crippen LogP contribution in [0, 0.1) is 40.4 Å². The first-order chi connectivity index (χ1) is 14.5. The van der Waals surface area contributed by atoms with E-state index in [0.717, 1.165) is 51.4 Å². The van der Waals surface area contributed by atoms with E-state index in [1.165, 1.54) is 11.1 Å². The van der Waals surface area contributed by atoms with Crippen LogP contribution in [0.15, 0.2) is 23.8 Å². The highest BCUT2D eigenvalue weighted by Crippen LogP contribution is 2.59. The summed E-state index contributed by atoms with van der Waals surface area (Å²) in [5, 5.41) is 20.1. The van der Waals surface area contributed by atoms with Gasteiger partial charge in [0.05, 0.1) is 6.10 Å². The molecule has 3 rings (SSSR count). The predicted molar refractivity (Wildman–Crippen MR) is 128 cm³/mol. The number of carbonyl (C=O) groups is 1. The number of rotatable bonds is 8. The molecule has 3 heteroatoms. The smallest absolute Gasteiger partial charge is 0.146 e. The van der Waals surface area contributed by atoms with Crippen molar-refractivity contribution in [1.82, 2.24) is 0 Å². The van der Waals surface area contributed by atoms with Crippen LogP contribution >= 0.6 is 0 Å². The second-order valence-electron chi connectivity index (χ2n) is 11.8. The minimum absolute atomic E-state index is 0.00351. The topological polar surface area (TPSA) is 57.5 Å². The molecule has 0 amide bonds.